The number of likely N-dealkylation sites (N-methyl/N-ethyl adjacent to an activating group) is 2. The predicted molar refractivity (Wildman–Crippen MR) is 290 cm³/mol. The first-order chi connectivity index (χ1) is 36.2. The highest BCUT2D eigenvalue weighted by Gasteiger charge is 2.45. The molecule has 0 N–H and O–H groups in total. The van der Waals surface area contributed by atoms with Crippen LogP contribution < -0.4 is 4.74 Å². The van der Waals surface area contributed by atoms with E-state index in [4.69, 9.17) is 51.1 Å². The standard InChI is InChI=1S/C29H31Cl2F4N3O3.C28H39Cl2N3O2/c1-17(32)14-37-10-8-18(9-11-37)28(40)38-15-21(19-4-6-23(30)24(31)13-19)25(16-38)36(2)27(39)20-5-7-26(41-3)22(12-20)29(33,34)35;1-31(27(34)14-19-4-2-3-5-19)26-18-33(17-23(26)22-8-9-24(29)25(30)15-22)28(35)21-10-12-32(13-11-21)16-20-6-7-20/h4-7,12-13,18,21,25H,1,8-11,14-16H2,2-3H3;8-9,15,19-21,23,26H,2-7,10-14,16-18H2,1H3. The second-order valence-electron chi connectivity index (χ2n) is 22.0. The SMILES string of the molecule is C=C(F)CN1CCC(C(=O)N2CC(c3ccc(Cl)c(Cl)c3)C(N(C)C(=O)c3ccc(OC)c(C(F)(F)F)c3)C2)CC1.CN(C(=O)CC1CCCC1)C1CN(C(=O)C2CCN(CC3CC3)CC2)CC1c1ccc(Cl)c(Cl)c1. The van der Waals surface area contributed by atoms with Gasteiger partial charge < -0.3 is 29.2 Å². The fraction of sp³-hybridized carbons (Fsp3) is 0.579. The third kappa shape index (κ3) is 14.2. The number of piperidine rings is 2. The van der Waals surface area contributed by atoms with Crippen molar-refractivity contribution in [2.45, 2.75) is 101 Å². The first kappa shape index (κ1) is 58.0. The van der Waals surface area contributed by atoms with Crippen LogP contribution >= 0.6 is 46.4 Å². The summed E-state index contributed by atoms with van der Waals surface area (Å²) < 4.78 is 59.0. The van der Waals surface area contributed by atoms with Crippen molar-refractivity contribution in [2.75, 3.05) is 86.7 Å². The zero-order chi connectivity index (χ0) is 54.6. The molecule has 4 saturated heterocycles. The number of amides is 4. The van der Waals surface area contributed by atoms with Crippen LogP contribution in [-0.4, -0.2) is 152 Å². The smallest absolute Gasteiger partial charge is 0.419 e. The minimum atomic E-state index is -4.72. The first-order valence-corrected chi connectivity index (χ1v) is 28.2. The van der Waals surface area contributed by atoms with E-state index in [1.54, 1.807) is 23.1 Å². The van der Waals surface area contributed by atoms with Crippen LogP contribution in [0.5, 0.6) is 5.75 Å². The molecule has 3 aromatic rings. The molecule has 414 valence electrons. The van der Waals surface area contributed by atoms with Crippen molar-refractivity contribution in [1.29, 1.82) is 0 Å². The van der Waals surface area contributed by atoms with Gasteiger partial charge in [-0.25, -0.2) is 4.39 Å². The topological polar surface area (TPSA) is 97.0 Å². The van der Waals surface area contributed by atoms with Crippen LogP contribution in [0.25, 0.3) is 0 Å². The van der Waals surface area contributed by atoms with Gasteiger partial charge >= 0.3 is 6.18 Å². The van der Waals surface area contributed by atoms with Gasteiger partial charge in [-0.05, 0) is 143 Å². The Morgan fingerprint density at radius 3 is 1.61 bits per heavy atom. The highest BCUT2D eigenvalue weighted by Crippen LogP contribution is 2.41. The lowest BCUT2D eigenvalue weighted by molar-refractivity contribution is -0.139. The molecule has 6 aliphatic rings. The van der Waals surface area contributed by atoms with E-state index < -0.39 is 29.5 Å². The van der Waals surface area contributed by atoms with Gasteiger partial charge in [0.2, 0.25) is 17.7 Å². The molecule has 9 rings (SSSR count). The molecule has 4 atom stereocenters. The summed E-state index contributed by atoms with van der Waals surface area (Å²) >= 11 is 25.0. The van der Waals surface area contributed by atoms with Gasteiger partial charge in [0.05, 0.1) is 44.8 Å². The Balaban J connectivity index is 0.000000204. The van der Waals surface area contributed by atoms with E-state index in [0.717, 1.165) is 75.1 Å². The van der Waals surface area contributed by atoms with E-state index in [9.17, 15) is 36.7 Å². The average molecular weight is 1140 g/mol. The number of nitrogens with zero attached hydrogens (tertiary/aromatic N) is 6. The molecule has 4 amide bonds. The summed E-state index contributed by atoms with van der Waals surface area (Å²) in [6.07, 6.45) is 6.44. The van der Waals surface area contributed by atoms with Gasteiger partial charge in [-0.15, -0.1) is 0 Å². The highest BCUT2D eigenvalue weighted by molar-refractivity contribution is 6.42. The Bertz CT molecular complexity index is 2580. The van der Waals surface area contributed by atoms with E-state index in [1.165, 1.54) is 50.2 Å². The van der Waals surface area contributed by atoms with E-state index in [0.29, 0.717) is 71.4 Å². The second kappa shape index (κ2) is 25.3. The molecule has 2 saturated carbocycles. The van der Waals surface area contributed by atoms with Gasteiger partial charge in [-0.2, -0.15) is 13.2 Å². The summed E-state index contributed by atoms with van der Waals surface area (Å²) in [5.74, 6) is -0.114. The van der Waals surface area contributed by atoms with Crippen LogP contribution in [-0.2, 0) is 20.6 Å². The second-order valence-corrected chi connectivity index (χ2v) is 23.6. The van der Waals surface area contributed by atoms with Crippen molar-refractivity contribution in [3.63, 3.8) is 0 Å². The number of halogens is 8. The Morgan fingerprint density at radius 2 is 1.14 bits per heavy atom. The summed E-state index contributed by atoms with van der Waals surface area (Å²) in [7, 11) is 4.58. The number of benzene rings is 3. The van der Waals surface area contributed by atoms with Gasteiger partial charge in [0.25, 0.3) is 5.91 Å². The summed E-state index contributed by atoms with van der Waals surface area (Å²) in [4.78, 5) is 65.5. The molecule has 19 heteroatoms. The average Bonchev–Trinajstić information content (AvgIpc) is 3.71. The van der Waals surface area contributed by atoms with Crippen molar-refractivity contribution < 1.29 is 41.5 Å². The highest BCUT2D eigenvalue weighted by atomic mass is 35.5. The number of hydrogen-bond donors (Lipinski definition) is 0. The van der Waals surface area contributed by atoms with Crippen LogP contribution in [0.4, 0.5) is 17.6 Å². The fourth-order valence-corrected chi connectivity index (χ4v) is 12.8. The molecule has 2 aliphatic carbocycles. The lowest BCUT2D eigenvalue weighted by atomic mass is 9.92. The lowest BCUT2D eigenvalue weighted by Gasteiger charge is -2.33. The van der Waals surface area contributed by atoms with Crippen molar-refractivity contribution in [3.8, 4) is 5.75 Å². The number of carbonyl (C=O) groups excluding carboxylic acids is 4. The van der Waals surface area contributed by atoms with Gasteiger partial charge in [0.1, 0.15) is 11.6 Å². The van der Waals surface area contributed by atoms with E-state index in [1.807, 2.05) is 39.9 Å². The van der Waals surface area contributed by atoms with Crippen molar-refractivity contribution >= 4 is 70.0 Å². The largest absolute Gasteiger partial charge is 0.496 e. The van der Waals surface area contributed by atoms with E-state index in [2.05, 4.69) is 11.5 Å². The van der Waals surface area contributed by atoms with E-state index in [-0.39, 0.29) is 78.4 Å². The maximum Gasteiger partial charge on any atom is 0.419 e. The minimum absolute atomic E-state index is 0.0416. The van der Waals surface area contributed by atoms with Crippen LogP contribution in [0.15, 0.2) is 67.0 Å². The molecule has 0 aromatic heterocycles. The maximum atomic E-state index is 13.6. The number of carbonyl (C=O) groups is 4. The zero-order valence-corrected chi connectivity index (χ0v) is 46.6. The zero-order valence-electron chi connectivity index (χ0n) is 43.6. The Hall–Kier alpha value is -4.12. The summed E-state index contributed by atoms with van der Waals surface area (Å²) in [6.45, 7) is 9.53. The fourth-order valence-electron chi connectivity index (χ4n) is 12.2. The number of ether oxygens (including phenoxy) is 1. The molecular weight excluding hydrogens is 1070 g/mol. The van der Waals surface area contributed by atoms with Crippen LogP contribution in [0, 0.1) is 23.7 Å². The van der Waals surface area contributed by atoms with Gasteiger partial charge in [0.15, 0.2) is 0 Å². The van der Waals surface area contributed by atoms with Gasteiger partial charge in [-0.1, -0.05) is 78.0 Å². The molecule has 4 aliphatic heterocycles. The minimum Gasteiger partial charge on any atom is -0.496 e. The molecule has 11 nitrogen and oxygen atoms in total. The van der Waals surface area contributed by atoms with Crippen molar-refractivity contribution in [2.24, 2.45) is 23.7 Å². The van der Waals surface area contributed by atoms with Crippen molar-refractivity contribution in [3.05, 3.63) is 109 Å². The van der Waals surface area contributed by atoms with Crippen LogP contribution in [0.1, 0.15) is 110 Å². The molecule has 6 fully saturated rings. The Labute approximate surface area is 464 Å². The van der Waals surface area contributed by atoms with Crippen LogP contribution in [0.2, 0.25) is 20.1 Å². The molecular formula is C57H70Cl4F4N6O5. The normalized spacial score (nSPS) is 23.1. The molecule has 4 unspecified atom stereocenters. The quantitative estimate of drug-likeness (QED) is 0.148. The maximum absolute atomic E-state index is 13.6. The van der Waals surface area contributed by atoms with Crippen molar-refractivity contribution in [1.82, 2.24) is 29.4 Å². The molecule has 3 aromatic carbocycles. The van der Waals surface area contributed by atoms with E-state index >= 15 is 0 Å². The number of hydrogen-bond acceptors (Lipinski definition) is 7. The van der Waals surface area contributed by atoms with Crippen LogP contribution in [0.3, 0.4) is 0 Å². The molecule has 76 heavy (non-hydrogen) atoms. The summed E-state index contributed by atoms with van der Waals surface area (Å²) in [5, 5.41) is 1.72. The molecule has 0 spiro atoms. The van der Waals surface area contributed by atoms with Gasteiger partial charge in [-0.3, -0.25) is 24.1 Å². The molecule has 0 radical (unpaired) electrons. The monoisotopic (exact) mass is 1130 g/mol. The number of alkyl halides is 3. The molecule has 4 heterocycles. The summed E-state index contributed by atoms with van der Waals surface area (Å²) in [5.41, 5.74) is 0.604. The third-order valence-electron chi connectivity index (χ3n) is 16.8. The lowest BCUT2D eigenvalue weighted by Crippen LogP contribution is -2.44. The molecule has 0 bridgehead atoms. The Kier molecular flexibility index (Phi) is 19.3. The number of methoxy groups -OCH3 is 1. The number of rotatable bonds is 14. The third-order valence-corrected chi connectivity index (χ3v) is 18.3. The van der Waals surface area contributed by atoms with Gasteiger partial charge in [0, 0.05) is 89.0 Å². The summed E-state index contributed by atoms with van der Waals surface area (Å²) in [6, 6.07) is 13.5. The number of likely N-dealkylation sites (tertiary alicyclic amines) is 4. The Morgan fingerprint density at radius 1 is 0.645 bits per heavy atom. The first-order valence-electron chi connectivity index (χ1n) is 26.7. The predicted octanol–water partition coefficient (Wildman–Crippen LogP) is 11.7.